The summed E-state index contributed by atoms with van der Waals surface area (Å²) in [4.78, 5) is 10.9. The fourth-order valence-corrected chi connectivity index (χ4v) is 0.992. The van der Waals surface area contributed by atoms with Gasteiger partial charge >= 0.3 is 0 Å². The van der Waals surface area contributed by atoms with E-state index in [9.17, 15) is 4.79 Å². The molecule has 0 unspecified atom stereocenters. The van der Waals surface area contributed by atoms with E-state index in [0.717, 1.165) is 26.0 Å². The zero-order valence-electron chi connectivity index (χ0n) is 7.51. The SMILES string of the molecule is COCCCCNC(=O)CCS. The van der Waals surface area contributed by atoms with Crippen LogP contribution in [-0.2, 0) is 9.53 Å². The number of hydrogen-bond donors (Lipinski definition) is 2. The topological polar surface area (TPSA) is 38.3 Å². The van der Waals surface area contributed by atoms with E-state index in [4.69, 9.17) is 4.74 Å². The molecule has 1 amide bonds. The zero-order chi connectivity index (χ0) is 9.23. The standard InChI is InChI=1S/C8H17NO2S/c1-11-6-3-2-5-9-8(10)4-7-12/h12H,2-7H2,1H3,(H,9,10). The molecule has 0 aromatic heterocycles. The number of unbranched alkanes of at least 4 members (excludes halogenated alkanes) is 1. The van der Waals surface area contributed by atoms with Crippen molar-refractivity contribution < 1.29 is 9.53 Å². The predicted molar refractivity (Wildman–Crippen MR) is 52.6 cm³/mol. The number of rotatable bonds is 7. The lowest BCUT2D eigenvalue weighted by Crippen LogP contribution is -2.24. The molecule has 1 N–H and O–H groups in total. The highest BCUT2D eigenvalue weighted by molar-refractivity contribution is 7.80. The molecule has 0 heterocycles. The summed E-state index contributed by atoms with van der Waals surface area (Å²) in [5.41, 5.74) is 0. The number of hydrogen-bond acceptors (Lipinski definition) is 3. The van der Waals surface area contributed by atoms with Crippen molar-refractivity contribution in [3.63, 3.8) is 0 Å². The molecular formula is C8H17NO2S. The fraction of sp³-hybridized carbons (Fsp3) is 0.875. The number of carbonyl (C=O) groups is 1. The zero-order valence-corrected chi connectivity index (χ0v) is 8.40. The van der Waals surface area contributed by atoms with Crippen LogP contribution >= 0.6 is 12.6 Å². The summed E-state index contributed by atoms with van der Waals surface area (Å²) in [5.74, 6) is 0.701. The Labute approximate surface area is 79.3 Å². The molecule has 0 aliphatic heterocycles. The van der Waals surface area contributed by atoms with E-state index in [1.54, 1.807) is 7.11 Å². The van der Waals surface area contributed by atoms with Crippen LogP contribution < -0.4 is 5.32 Å². The molecule has 12 heavy (non-hydrogen) atoms. The van der Waals surface area contributed by atoms with Crippen molar-refractivity contribution >= 4 is 18.5 Å². The van der Waals surface area contributed by atoms with Crippen LogP contribution in [0.5, 0.6) is 0 Å². The molecule has 0 saturated heterocycles. The van der Waals surface area contributed by atoms with Crippen molar-refractivity contribution in [2.45, 2.75) is 19.3 Å². The third kappa shape index (κ3) is 7.88. The number of carbonyl (C=O) groups excluding carboxylic acids is 1. The molecule has 0 aromatic rings. The molecule has 0 rings (SSSR count). The maximum atomic E-state index is 10.9. The molecule has 0 radical (unpaired) electrons. The van der Waals surface area contributed by atoms with Gasteiger partial charge in [-0.3, -0.25) is 4.79 Å². The Balaban J connectivity index is 3.03. The van der Waals surface area contributed by atoms with Crippen molar-refractivity contribution in [2.75, 3.05) is 26.0 Å². The van der Waals surface area contributed by atoms with Crippen LogP contribution in [0.2, 0.25) is 0 Å². The van der Waals surface area contributed by atoms with Gasteiger partial charge in [-0.05, 0) is 18.6 Å². The van der Waals surface area contributed by atoms with Gasteiger partial charge in [0.15, 0.2) is 0 Å². The summed E-state index contributed by atoms with van der Waals surface area (Å²) < 4.78 is 4.87. The highest BCUT2D eigenvalue weighted by Crippen LogP contribution is 1.88. The number of amides is 1. The van der Waals surface area contributed by atoms with Gasteiger partial charge in [0.25, 0.3) is 0 Å². The monoisotopic (exact) mass is 191 g/mol. The van der Waals surface area contributed by atoms with E-state index >= 15 is 0 Å². The molecule has 0 saturated carbocycles. The second-order valence-electron chi connectivity index (χ2n) is 2.52. The summed E-state index contributed by atoms with van der Waals surface area (Å²) in [7, 11) is 1.68. The molecule has 3 nitrogen and oxygen atoms in total. The van der Waals surface area contributed by atoms with Gasteiger partial charge in [0, 0.05) is 26.7 Å². The van der Waals surface area contributed by atoms with Crippen LogP contribution in [0.3, 0.4) is 0 Å². The van der Waals surface area contributed by atoms with Crippen molar-refractivity contribution in [1.29, 1.82) is 0 Å². The minimum atomic E-state index is 0.0856. The van der Waals surface area contributed by atoms with Gasteiger partial charge in [0.1, 0.15) is 0 Å². The third-order valence-corrected chi connectivity index (χ3v) is 1.66. The van der Waals surface area contributed by atoms with Gasteiger partial charge in [-0.2, -0.15) is 12.6 Å². The molecule has 72 valence electrons. The van der Waals surface area contributed by atoms with E-state index < -0.39 is 0 Å². The highest BCUT2D eigenvalue weighted by atomic mass is 32.1. The van der Waals surface area contributed by atoms with Crippen molar-refractivity contribution in [2.24, 2.45) is 0 Å². The van der Waals surface area contributed by atoms with Crippen LogP contribution in [0, 0.1) is 0 Å². The minimum Gasteiger partial charge on any atom is -0.385 e. The van der Waals surface area contributed by atoms with Crippen LogP contribution in [0.15, 0.2) is 0 Å². The van der Waals surface area contributed by atoms with Gasteiger partial charge in [0.05, 0.1) is 0 Å². The van der Waals surface area contributed by atoms with E-state index in [1.807, 2.05) is 0 Å². The van der Waals surface area contributed by atoms with E-state index in [2.05, 4.69) is 17.9 Å². The van der Waals surface area contributed by atoms with E-state index in [-0.39, 0.29) is 5.91 Å². The first kappa shape index (κ1) is 11.8. The number of methoxy groups -OCH3 is 1. The Kier molecular flexibility index (Phi) is 8.71. The number of nitrogens with one attached hydrogen (secondary N) is 1. The fourth-order valence-electron chi connectivity index (χ4n) is 0.789. The quantitative estimate of drug-likeness (QED) is 0.462. The minimum absolute atomic E-state index is 0.0856. The predicted octanol–water partition coefficient (Wildman–Crippen LogP) is 0.849. The molecule has 0 fully saturated rings. The van der Waals surface area contributed by atoms with Crippen molar-refractivity contribution in [1.82, 2.24) is 5.32 Å². The Morgan fingerprint density at radius 1 is 1.50 bits per heavy atom. The van der Waals surface area contributed by atoms with Crippen molar-refractivity contribution in [3.05, 3.63) is 0 Å². The number of thiol groups is 1. The third-order valence-electron chi connectivity index (χ3n) is 1.44. The van der Waals surface area contributed by atoms with Gasteiger partial charge in [0.2, 0.25) is 5.91 Å². The summed E-state index contributed by atoms with van der Waals surface area (Å²) in [6.45, 7) is 1.51. The van der Waals surface area contributed by atoms with Crippen LogP contribution in [-0.4, -0.2) is 31.9 Å². The molecule has 0 spiro atoms. The molecule has 4 heteroatoms. The summed E-state index contributed by atoms with van der Waals surface area (Å²) >= 11 is 3.96. The summed E-state index contributed by atoms with van der Waals surface area (Å²) in [6.07, 6.45) is 2.48. The molecular weight excluding hydrogens is 174 g/mol. The molecule has 0 aliphatic carbocycles. The molecule has 0 aliphatic rings. The maximum Gasteiger partial charge on any atom is 0.220 e. The Morgan fingerprint density at radius 3 is 2.83 bits per heavy atom. The van der Waals surface area contributed by atoms with Gasteiger partial charge < -0.3 is 10.1 Å². The smallest absolute Gasteiger partial charge is 0.220 e. The van der Waals surface area contributed by atoms with Crippen molar-refractivity contribution in [3.8, 4) is 0 Å². The first-order valence-corrected chi connectivity index (χ1v) is 4.81. The second-order valence-corrected chi connectivity index (χ2v) is 2.97. The molecule has 0 bridgehead atoms. The lowest BCUT2D eigenvalue weighted by molar-refractivity contribution is -0.120. The van der Waals surface area contributed by atoms with Gasteiger partial charge in [-0.15, -0.1) is 0 Å². The first-order valence-electron chi connectivity index (χ1n) is 4.17. The Hall–Kier alpha value is -0.220. The van der Waals surface area contributed by atoms with E-state index in [1.165, 1.54) is 0 Å². The average Bonchev–Trinajstić information content (AvgIpc) is 2.05. The maximum absolute atomic E-state index is 10.9. The van der Waals surface area contributed by atoms with Crippen LogP contribution in [0.4, 0.5) is 0 Å². The Morgan fingerprint density at radius 2 is 2.25 bits per heavy atom. The summed E-state index contributed by atoms with van der Waals surface area (Å²) in [5, 5.41) is 2.80. The van der Waals surface area contributed by atoms with E-state index in [0.29, 0.717) is 12.2 Å². The van der Waals surface area contributed by atoms with Crippen LogP contribution in [0.25, 0.3) is 0 Å². The highest BCUT2D eigenvalue weighted by Gasteiger charge is 1.96. The molecule has 0 atom stereocenters. The largest absolute Gasteiger partial charge is 0.385 e. The normalized spacial score (nSPS) is 9.83. The molecule has 0 aromatic carbocycles. The lowest BCUT2D eigenvalue weighted by atomic mass is 10.3. The van der Waals surface area contributed by atoms with Gasteiger partial charge in [-0.1, -0.05) is 0 Å². The summed E-state index contributed by atoms with van der Waals surface area (Å²) in [6, 6.07) is 0. The number of ether oxygens (including phenoxy) is 1. The lowest BCUT2D eigenvalue weighted by Gasteiger charge is -2.02. The Bertz CT molecular complexity index is 120. The van der Waals surface area contributed by atoms with Gasteiger partial charge in [-0.25, -0.2) is 0 Å². The average molecular weight is 191 g/mol. The first-order chi connectivity index (χ1) is 5.81. The van der Waals surface area contributed by atoms with Crippen LogP contribution in [0.1, 0.15) is 19.3 Å². The second kappa shape index (κ2) is 8.87.